The maximum Gasteiger partial charge on any atom is 0.494 e. The Bertz CT molecular complexity index is 577. The Hall–Kier alpha value is -1.66. The van der Waals surface area contributed by atoms with E-state index >= 15 is 0 Å². The van der Waals surface area contributed by atoms with Crippen LogP contribution in [0.3, 0.4) is 0 Å². The molecule has 0 bridgehead atoms. The van der Waals surface area contributed by atoms with Crippen LogP contribution in [0.2, 0.25) is 0 Å². The Labute approximate surface area is 118 Å². The summed E-state index contributed by atoms with van der Waals surface area (Å²) in [6.07, 6.45) is 1.50. The van der Waals surface area contributed by atoms with Crippen molar-refractivity contribution in [2.24, 2.45) is 0 Å². The fourth-order valence-electron chi connectivity index (χ4n) is 2.12. The van der Waals surface area contributed by atoms with Gasteiger partial charge >= 0.3 is 7.12 Å². The van der Waals surface area contributed by atoms with Crippen LogP contribution in [-0.4, -0.2) is 33.5 Å². The lowest BCUT2D eigenvalue weighted by atomic mass is 9.79. The van der Waals surface area contributed by atoms with Crippen LogP contribution in [0.15, 0.2) is 30.6 Å². The molecule has 0 saturated carbocycles. The molecular weight excluding hydrogens is 253 g/mol. The van der Waals surface area contributed by atoms with Crippen molar-refractivity contribution in [1.82, 2.24) is 15.2 Å². The number of hydrogen-bond donors (Lipinski definition) is 1. The Morgan fingerprint density at radius 3 is 2.10 bits per heavy atom. The number of nitrogens with zero attached hydrogens (tertiary/aromatic N) is 2. The number of H-pyrrole nitrogens is 1. The third kappa shape index (κ3) is 2.15. The molecule has 0 amide bonds. The Morgan fingerprint density at radius 1 is 1.00 bits per heavy atom. The summed E-state index contributed by atoms with van der Waals surface area (Å²) >= 11 is 0. The first-order valence-corrected chi connectivity index (χ1v) is 6.70. The van der Waals surface area contributed by atoms with Gasteiger partial charge in [0.25, 0.3) is 0 Å². The number of benzene rings is 1. The third-order valence-electron chi connectivity index (χ3n) is 4.12. The Kier molecular flexibility index (Phi) is 2.95. The summed E-state index contributed by atoms with van der Waals surface area (Å²) in [6, 6.07) is 7.97. The summed E-state index contributed by atoms with van der Waals surface area (Å²) in [5.41, 5.74) is 1.36. The average Bonchev–Trinajstić information content (AvgIpc) is 2.97. The average molecular weight is 271 g/mol. The van der Waals surface area contributed by atoms with E-state index in [0.717, 1.165) is 16.9 Å². The molecule has 3 rings (SSSR count). The zero-order valence-electron chi connectivity index (χ0n) is 12.2. The highest BCUT2D eigenvalue weighted by molar-refractivity contribution is 6.62. The molecule has 0 spiro atoms. The Balaban J connectivity index is 1.83. The number of nitrogens with one attached hydrogen (secondary N) is 1. The second-order valence-electron chi connectivity index (χ2n) is 6.04. The molecule has 5 nitrogen and oxygen atoms in total. The van der Waals surface area contributed by atoms with Crippen LogP contribution >= 0.6 is 0 Å². The van der Waals surface area contributed by atoms with Crippen molar-refractivity contribution in [3.63, 3.8) is 0 Å². The van der Waals surface area contributed by atoms with Gasteiger partial charge in [0.05, 0.1) is 11.2 Å². The smallest absolute Gasteiger partial charge is 0.399 e. The van der Waals surface area contributed by atoms with Crippen LogP contribution in [0.25, 0.3) is 11.4 Å². The van der Waals surface area contributed by atoms with Crippen molar-refractivity contribution in [2.45, 2.75) is 38.9 Å². The van der Waals surface area contributed by atoms with Crippen molar-refractivity contribution in [3.8, 4) is 11.4 Å². The fourth-order valence-corrected chi connectivity index (χ4v) is 2.12. The summed E-state index contributed by atoms with van der Waals surface area (Å²) < 4.78 is 12.0. The van der Waals surface area contributed by atoms with E-state index in [9.17, 15) is 0 Å². The van der Waals surface area contributed by atoms with Gasteiger partial charge in [-0.3, -0.25) is 5.10 Å². The molecule has 2 heterocycles. The Morgan fingerprint density at radius 2 is 1.60 bits per heavy atom. The summed E-state index contributed by atoms with van der Waals surface area (Å²) in [4.78, 5) is 4.13. The molecule has 1 aliphatic heterocycles. The SMILES string of the molecule is CC1(C)OB(c2ccc(-c3ncn[nH]3)cc2)OC1(C)C. The van der Waals surface area contributed by atoms with E-state index in [1.54, 1.807) is 0 Å². The van der Waals surface area contributed by atoms with Gasteiger partial charge in [-0.1, -0.05) is 24.3 Å². The highest BCUT2D eigenvalue weighted by Crippen LogP contribution is 2.36. The summed E-state index contributed by atoms with van der Waals surface area (Å²) in [5.74, 6) is 0.755. The van der Waals surface area contributed by atoms with Gasteiger partial charge in [0, 0.05) is 5.56 Å². The van der Waals surface area contributed by atoms with Crippen LogP contribution < -0.4 is 5.46 Å². The van der Waals surface area contributed by atoms with Crippen LogP contribution in [-0.2, 0) is 9.31 Å². The minimum atomic E-state index is -0.330. The van der Waals surface area contributed by atoms with Gasteiger partial charge in [-0.25, -0.2) is 4.98 Å². The van der Waals surface area contributed by atoms with Crippen molar-refractivity contribution < 1.29 is 9.31 Å². The molecular formula is C14H18BN3O2. The number of aromatic amines is 1. The maximum absolute atomic E-state index is 6.02. The molecule has 1 fully saturated rings. The molecule has 0 unspecified atom stereocenters. The van der Waals surface area contributed by atoms with E-state index in [1.807, 2.05) is 24.3 Å². The lowest BCUT2D eigenvalue weighted by molar-refractivity contribution is 0.00578. The van der Waals surface area contributed by atoms with Crippen molar-refractivity contribution in [2.75, 3.05) is 0 Å². The van der Waals surface area contributed by atoms with E-state index in [4.69, 9.17) is 9.31 Å². The van der Waals surface area contributed by atoms with Gasteiger partial charge < -0.3 is 9.31 Å². The molecule has 1 aromatic heterocycles. The van der Waals surface area contributed by atoms with Gasteiger partial charge in [0.15, 0.2) is 5.82 Å². The van der Waals surface area contributed by atoms with Crippen LogP contribution in [0.4, 0.5) is 0 Å². The molecule has 20 heavy (non-hydrogen) atoms. The second-order valence-corrected chi connectivity index (χ2v) is 6.04. The van der Waals surface area contributed by atoms with E-state index in [0.29, 0.717) is 0 Å². The minimum absolute atomic E-state index is 0.318. The lowest BCUT2D eigenvalue weighted by Gasteiger charge is -2.32. The van der Waals surface area contributed by atoms with Crippen LogP contribution in [0.5, 0.6) is 0 Å². The summed E-state index contributed by atoms with van der Waals surface area (Å²) in [6.45, 7) is 8.21. The van der Waals surface area contributed by atoms with E-state index in [1.165, 1.54) is 6.33 Å². The predicted octanol–water partition coefficient (Wildman–Crippen LogP) is 1.77. The number of aromatic nitrogens is 3. The number of rotatable bonds is 2. The van der Waals surface area contributed by atoms with Gasteiger partial charge in [-0.15, -0.1) is 0 Å². The van der Waals surface area contributed by atoms with Crippen molar-refractivity contribution >= 4 is 12.6 Å². The van der Waals surface area contributed by atoms with Crippen molar-refractivity contribution in [1.29, 1.82) is 0 Å². The van der Waals surface area contributed by atoms with E-state index < -0.39 is 0 Å². The monoisotopic (exact) mass is 271 g/mol. The third-order valence-corrected chi connectivity index (χ3v) is 4.12. The second kappa shape index (κ2) is 4.43. The van der Waals surface area contributed by atoms with Crippen molar-refractivity contribution in [3.05, 3.63) is 30.6 Å². The maximum atomic E-state index is 6.02. The number of hydrogen-bond acceptors (Lipinski definition) is 4. The minimum Gasteiger partial charge on any atom is -0.399 e. The van der Waals surface area contributed by atoms with Gasteiger partial charge in [0.2, 0.25) is 0 Å². The first-order valence-electron chi connectivity index (χ1n) is 6.70. The molecule has 1 aromatic carbocycles. The standard InChI is InChI=1S/C14H18BN3O2/c1-13(2)14(3,4)20-15(19-13)11-7-5-10(6-8-11)12-16-9-17-18-12/h5-9H,1-4H3,(H,16,17,18). The molecule has 2 aromatic rings. The van der Waals surface area contributed by atoms with Crippen LogP contribution in [0.1, 0.15) is 27.7 Å². The van der Waals surface area contributed by atoms with Gasteiger partial charge in [-0.2, -0.15) is 5.10 Å². The van der Waals surface area contributed by atoms with E-state index in [2.05, 4.69) is 42.9 Å². The normalized spacial score (nSPS) is 20.3. The molecule has 1 aliphatic rings. The zero-order valence-corrected chi connectivity index (χ0v) is 12.2. The molecule has 0 radical (unpaired) electrons. The zero-order chi connectivity index (χ0) is 14.4. The lowest BCUT2D eigenvalue weighted by Crippen LogP contribution is -2.41. The van der Waals surface area contributed by atoms with Gasteiger partial charge in [0.1, 0.15) is 6.33 Å². The quantitative estimate of drug-likeness (QED) is 0.846. The first kappa shape index (κ1) is 13.3. The first-order chi connectivity index (χ1) is 9.39. The summed E-state index contributed by atoms with van der Waals surface area (Å²) in [5, 5.41) is 6.70. The topological polar surface area (TPSA) is 60.0 Å². The highest BCUT2D eigenvalue weighted by Gasteiger charge is 2.51. The van der Waals surface area contributed by atoms with Gasteiger partial charge in [-0.05, 0) is 33.2 Å². The largest absolute Gasteiger partial charge is 0.494 e. The van der Waals surface area contributed by atoms with Crippen LogP contribution in [0, 0.1) is 0 Å². The molecule has 104 valence electrons. The molecule has 1 N–H and O–H groups in total. The molecule has 0 atom stereocenters. The molecule has 1 saturated heterocycles. The molecule has 6 heteroatoms. The van der Waals surface area contributed by atoms with E-state index in [-0.39, 0.29) is 18.3 Å². The fraction of sp³-hybridized carbons (Fsp3) is 0.429. The summed E-state index contributed by atoms with van der Waals surface area (Å²) in [7, 11) is -0.330. The predicted molar refractivity (Wildman–Crippen MR) is 77.5 cm³/mol. The highest BCUT2D eigenvalue weighted by atomic mass is 16.7. The molecule has 0 aliphatic carbocycles.